The lowest BCUT2D eigenvalue weighted by atomic mass is 9.99. The second-order valence-electron chi connectivity index (χ2n) is 4.72. The average Bonchev–Trinajstić information content (AvgIpc) is 2.70. The molecule has 2 aliphatic rings. The minimum Gasteiger partial charge on any atom is -0.377 e. The van der Waals surface area contributed by atoms with Crippen molar-refractivity contribution in [3.63, 3.8) is 0 Å². The molecule has 0 amide bonds. The first-order chi connectivity index (χ1) is 7.58. The highest BCUT2D eigenvalue weighted by Gasteiger charge is 2.33. The smallest absolute Gasteiger partial charge is 0.156 e. The molecule has 0 radical (unpaired) electrons. The number of ketones is 1. The molecule has 1 aliphatic carbocycles. The van der Waals surface area contributed by atoms with Crippen LogP contribution in [0.25, 0.3) is 0 Å². The van der Waals surface area contributed by atoms with Crippen molar-refractivity contribution in [3.05, 3.63) is 0 Å². The van der Waals surface area contributed by atoms with Crippen LogP contribution in [0.15, 0.2) is 0 Å². The molecule has 0 N–H and O–H groups in total. The van der Waals surface area contributed by atoms with E-state index in [-0.39, 0.29) is 24.1 Å². The van der Waals surface area contributed by atoms with E-state index >= 15 is 0 Å². The van der Waals surface area contributed by atoms with E-state index in [9.17, 15) is 13.2 Å². The molecule has 1 aliphatic heterocycles. The van der Waals surface area contributed by atoms with Crippen LogP contribution in [0.1, 0.15) is 38.5 Å². The maximum atomic E-state index is 12.1. The Labute approximate surface area is 96.3 Å². The first kappa shape index (κ1) is 12.0. The zero-order chi connectivity index (χ0) is 11.6. The van der Waals surface area contributed by atoms with E-state index < -0.39 is 15.1 Å². The summed E-state index contributed by atoms with van der Waals surface area (Å²) in [6.45, 7) is 0.670. The molecular weight excluding hydrogens is 228 g/mol. The third-order valence-corrected chi connectivity index (χ3v) is 5.64. The molecule has 0 aromatic rings. The van der Waals surface area contributed by atoms with Crippen LogP contribution in [0.3, 0.4) is 0 Å². The number of carbonyl (C=O) groups excluding carboxylic acids is 1. The fraction of sp³-hybridized carbons (Fsp3) is 0.909. The Hall–Kier alpha value is -0.420. The van der Waals surface area contributed by atoms with Crippen LogP contribution < -0.4 is 0 Å². The molecule has 1 saturated heterocycles. The van der Waals surface area contributed by atoms with Crippen molar-refractivity contribution in [2.45, 2.75) is 49.9 Å². The molecule has 92 valence electrons. The second-order valence-corrected chi connectivity index (χ2v) is 7.05. The van der Waals surface area contributed by atoms with E-state index in [0.717, 1.165) is 12.8 Å². The summed E-state index contributed by atoms with van der Waals surface area (Å²) >= 11 is 0. The van der Waals surface area contributed by atoms with Crippen LogP contribution in [0.2, 0.25) is 0 Å². The number of Topliss-reactive ketones (excluding diaryl/α,β-unsaturated/α-hetero) is 1. The highest BCUT2D eigenvalue weighted by Crippen LogP contribution is 2.24. The number of hydrogen-bond donors (Lipinski definition) is 0. The summed E-state index contributed by atoms with van der Waals surface area (Å²) in [4.78, 5) is 11.3. The molecule has 16 heavy (non-hydrogen) atoms. The Balaban J connectivity index is 1.97. The lowest BCUT2D eigenvalue weighted by Crippen LogP contribution is -2.33. The Morgan fingerprint density at radius 1 is 1.25 bits per heavy atom. The molecule has 5 heteroatoms. The van der Waals surface area contributed by atoms with Gasteiger partial charge in [-0.1, -0.05) is 0 Å². The quantitative estimate of drug-likeness (QED) is 0.748. The number of rotatable bonds is 3. The minimum absolute atomic E-state index is 0.0900. The molecule has 0 bridgehead atoms. The predicted octanol–water partition coefficient (Wildman–Crippen LogP) is 1.09. The van der Waals surface area contributed by atoms with Crippen molar-refractivity contribution >= 4 is 15.6 Å². The van der Waals surface area contributed by atoms with Gasteiger partial charge >= 0.3 is 0 Å². The third kappa shape index (κ3) is 2.83. The normalized spacial score (nSPS) is 31.9. The fourth-order valence-electron chi connectivity index (χ4n) is 2.46. The largest absolute Gasteiger partial charge is 0.377 e. The topological polar surface area (TPSA) is 60.4 Å². The number of ether oxygens (including phenoxy) is 1. The maximum Gasteiger partial charge on any atom is 0.156 e. The van der Waals surface area contributed by atoms with E-state index in [4.69, 9.17) is 4.74 Å². The van der Waals surface area contributed by atoms with Gasteiger partial charge in [0.05, 0.1) is 17.1 Å². The summed E-state index contributed by atoms with van der Waals surface area (Å²) in [6, 6.07) is 0. The summed E-state index contributed by atoms with van der Waals surface area (Å²) in [7, 11) is -3.15. The monoisotopic (exact) mass is 246 g/mol. The Kier molecular flexibility index (Phi) is 3.64. The maximum absolute atomic E-state index is 12.1. The second kappa shape index (κ2) is 4.84. The van der Waals surface area contributed by atoms with E-state index in [2.05, 4.69) is 0 Å². The van der Waals surface area contributed by atoms with Gasteiger partial charge in [-0.25, -0.2) is 8.42 Å². The van der Waals surface area contributed by atoms with Gasteiger partial charge in [-0.3, -0.25) is 4.79 Å². The summed E-state index contributed by atoms with van der Waals surface area (Å²) in [5.41, 5.74) is 0. The average molecular weight is 246 g/mol. The summed E-state index contributed by atoms with van der Waals surface area (Å²) in [5, 5.41) is -0.446. The van der Waals surface area contributed by atoms with E-state index in [1.54, 1.807) is 0 Å². The summed E-state index contributed by atoms with van der Waals surface area (Å²) < 4.78 is 29.5. The number of carbonyl (C=O) groups is 1. The van der Waals surface area contributed by atoms with Crippen molar-refractivity contribution in [1.29, 1.82) is 0 Å². The van der Waals surface area contributed by atoms with Crippen LogP contribution >= 0.6 is 0 Å². The lowest BCUT2D eigenvalue weighted by molar-refractivity contribution is -0.120. The minimum atomic E-state index is -3.15. The van der Waals surface area contributed by atoms with Gasteiger partial charge in [0.2, 0.25) is 0 Å². The van der Waals surface area contributed by atoms with Gasteiger partial charge in [-0.15, -0.1) is 0 Å². The van der Waals surface area contributed by atoms with Crippen molar-refractivity contribution in [1.82, 2.24) is 0 Å². The van der Waals surface area contributed by atoms with E-state index in [1.807, 2.05) is 0 Å². The van der Waals surface area contributed by atoms with Gasteiger partial charge in [-0.2, -0.15) is 0 Å². The van der Waals surface area contributed by atoms with E-state index in [1.165, 1.54) is 0 Å². The van der Waals surface area contributed by atoms with Crippen LogP contribution in [0.4, 0.5) is 0 Å². The SMILES string of the molecule is O=C1CCCC(S(=O)(=O)CC2CCCO2)C1. The van der Waals surface area contributed by atoms with Crippen LogP contribution in [-0.2, 0) is 19.4 Å². The molecule has 0 aromatic carbocycles. The molecule has 0 aromatic heterocycles. The van der Waals surface area contributed by atoms with Gasteiger partial charge in [0, 0.05) is 19.4 Å². The molecule has 2 unspecified atom stereocenters. The fourth-order valence-corrected chi connectivity index (χ4v) is 4.48. The third-order valence-electron chi connectivity index (χ3n) is 3.39. The molecule has 0 spiro atoms. The van der Waals surface area contributed by atoms with Gasteiger partial charge in [-0.05, 0) is 25.7 Å². The van der Waals surface area contributed by atoms with E-state index in [0.29, 0.717) is 25.9 Å². The van der Waals surface area contributed by atoms with Crippen LogP contribution in [0, 0.1) is 0 Å². The standard InChI is InChI=1S/C11H18O4S/c12-9-3-1-5-11(7-9)16(13,14)8-10-4-2-6-15-10/h10-11H,1-8H2. The van der Waals surface area contributed by atoms with Crippen molar-refractivity contribution in [2.75, 3.05) is 12.4 Å². The van der Waals surface area contributed by atoms with Crippen molar-refractivity contribution in [3.8, 4) is 0 Å². The van der Waals surface area contributed by atoms with Crippen molar-refractivity contribution < 1.29 is 17.9 Å². The molecule has 1 heterocycles. The molecule has 4 nitrogen and oxygen atoms in total. The first-order valence-corrected chi connectivity index (χ1v) is 7.64. The van der Waals surface area contributed by atoms with Gasteiger partial charge in [0.1, 0.15) is 5.78 Å². The van der Waals surface area contributed by atoms with Crippen LogP contribution in [-0.4, -0.2) is 37.9 Å². The van der Waals surface area contributed by atoms with Gasteiger partial charge in [0.15, 0.2) is 9.84 Å². The Morgan fingerprint density at radius 2 is 2.06 bits per heavy atom. The highest BCUT2D eigenvalue weighted by molar-refractivity contribution is 7.92. The summed E-state index contributed by atoms with van der Waals surface area (Å²) in [5.74, 6) is 0.192. The highest BCUT2D eigenvalue weighted by atomic mass is 32.2. The lowest BCUT2D eigenvalue weighted by Gasteiger charge is -2.22. The predicted molar refractivity (Wildman–Crippen MR) is 60.0 cm³/mol. The van der Waals surface area contributed by atoms with Crippen molar-refractivity contribution in [2.24, 2.45) is 0 Å². The molecule has 2 fully saturated rings. The number of sulfone groups is 1. The first-order valence-electron chi connectivity index (χ1n) is 5.93. The summed E-state index contributed by atoms with van der Waals surface area (Å²) in [6.07, 6.45) is 3.77. The van der Waals surface area contributed by atoms with Gasteiger partial charge in [0.25, 0.3) is 0 Å². The Morgan fingerprint density at radius 3 is 2.69 bits per heavy atom. The van der Waals surface area contributed by atoms with Crippen LogP contribution in [0.5, 0.6) is 0 Å². The Bertz CT molecular complexity index is 354. The zero-order valence-corrected chi connectivity index (χ0v) is 10.2. The number of hydrogen-bond acceptors (Lipinski definition) is 4. The molecule has 2 atom stereocenters. The van der Waals surface area contributed by atoms with Gasteiger partial charge < -0.3 is 4.74 Å². The zero-order valence-electron chi connectivity index (χ0n) is 9.35. The molecule has 1 saturated carbocycles. The molecule has 2 rings (SSSR count). The molecular formula is C11H18O4S.